The maximum absolute atomic E-state index is 10.9. The van der Waals surface area contributed by atoms with E-state index in [2.05, 4.69) is 0 Å². The molecular formula is C15H25NO5. The van der Waals surface area contributed by atoms with Crippen LogP contribution in [0.4, 0.5) is 4.79 Å². The predicted molar refractivity (Wildman–Crippen MR) is 75.2 cm³/mol. The molecule has 0 aromatic heterocycles. The topological polar surface area (TPSA) is 68.2 Å². The van der Waals surface area contributed by atoms with Gasteiger partial charge in [0.25, 0.3) is 0 Å². The second kappa shape index (κ2) is 6.50. The molecule has 1 saturated carbocycles. The molecule has 3 rings (SSSR count). The molecule has 6 heteroatoms. The monoisotopic (exact) mass is 299 g/mol. The Hall–Kier alpha value is -0.850. The third kappa shape index (κ3) is 3.67. The summed E-state index contributed by atoms with van der Waals surface area (Å²) in [5.74, 6) is 0.183. The average molecular weight is 299 g/mol. The summed E-state index contributed by atoms with van der Waals surface area (Å²) >= 11 is 0. The van der Waals surface area contributed by atoms with Crippen LogP contribution >= 0.6 is 0 Å². The van der Waals surface area contributed by atoms with Crippen molar-refractivity contribution >= 4 is 6.09 Å². The Kier molecular flexibility index (Phi) is 4.66. The van der Waals surface area contributed by atoms with Crippen molar-refractivity contribution in [2.45, 2.75) is 50.4 Å². The molecule has 1 N–H and O–H groups in total. The first-order valence-electron chi connectivity index (χ1n) is 8.04. The first-order chi connectivity index (χ1) is 10.2. The minimum absolute atomic E-state index is 0.306. The third-order valence-electron chi connectivity index (χ3n) is 4.96. The number of ether oxygens (including phenoxy) is 3. The molecule has 3 aliphatic rings. The molecule has 2 aliphatic heterocycles. The van der Waals surface area contributed by atoms with E-state index in [4.69, 9.17) is 19.3 Å². The Labute approximate surface area is 125 Å². The summed E-state index contributed by atoms with van der Waals surface area (Å²) in [6.07, 6.45) is 5.17. The Balaban J connectivity index is 1.34. The van der Waals surface area contributed by atoms with Crippen LogP contribution in [0.2, 0.25) is 0 Å². The lowest BCUT2D eigenvalue weighted by molar-refractivity contribution is -0.192. The smallest absolute Gasteiger partial charge is 0.407 e. The van der Waals surface area contributed by atoms with Crippen molar-refractivity contribution in [1.29, 1.82) is 0 Å². The van der Waals surface area contributed by atoms with Gasteiger partial charge in [0.1, 0.15) is 0 Å². The molecule has 0 unspecified atom stereocenters. The molecule has 2 heterocycles. The number of hydrogen-bond acceptors (Lipinski definition) is 4. The van der Waals surface area contributed by atoms with Crippen molar-refractivity contribution in [3.63, 3.8) is 0 Å². The number of carbonyl (C=O) groups is 1. The fourth-order valence-corrected chi connectivity index (χ4v) is 3.55. The third-order valence-corrected chi connectivity index (χ3v) is 4.96. The lowest BCUT2D eigenvalue weighted by Crippen LogP contribution is -2.40. The van der Waals surface area contributed by atoms with Crippen LogP contribution in [0, 0.1) is 5.92 Å². The quantitative estimate of drug-likeness (QED) is 0.864. The molecule has 0 radical (unpaired) electrons. The second-order valence-corrected chi connectivity index (χ2v) is 6.35. The zero-order valence-electron chi connectivity index (χ0n) is 12.5. The van der Waals surface area contributed by atoms with Crippen LogP contribution in [0.1, 0.15) is 38.5 Å². The van der Waals surface area contributed by atoms with Crippen molar-refractivity contribution in [2.75, 3.05) is 32.9 Å². The molecule has 0 aromatic rings. The highest BCUT2D eigenvalue weighted by Gasteiger charge is 2.40. The minimum atomic E-state index is -0.802. The van der Waals surface area contributed by atoms with E-state index in [-0.39, 0.29) is 5.79 Å². The highest BCUT2D eigenvalue weighted by molar-refractivity contribution is 5.64. The molecule has 2 saturated heterocycles. The van der Waals surface area contributed by atoms with Crippen LogP contribution in [0.15, 0.2) is 0 Å². The van der Waals surface area contributed by atoms with Crippen LogP contribution in [0.25, 0.3) is 0 Å². The first-order valence-corrected chi connectivity index (χ1v) is 8.04. The number of nitrogens with zero attached hydrogens (tertiary/aromatic N) is 1. The minimum Gasteiger partial charge on any atom is -0.465 e. The highest BCUT2D eigenvalue weighted by atomic mass is 16.7. The van der Waals surface area contributed by atoms with Gasteiger partial charge in [-0.05, 0) is 31.6 Å². The zero-order valence-corrected chi connectivity index (χ0v) is 12.5. The predicted octanol–water partition coefficient (Wildman–Crippen LogP) is 2.08. The van der Waals surface area contributed by atoms with Gasteiger partial charge in [0.15, 0.2) is 5.79 Å². The molecule has 6 nitrogen and oxygen atoms in total. The van der Waals surface area contributed by atoms with Crippen LogP contribution in [0.5, 0.6) is 0 Å². The van der Waals surface area contributed by atoms with Crippen LogP contribution < -0.4 is 0 Å². The summed E-state index contributed by atoms with van der Waals surface area (Å²) in [6.45, 7) is 3.46. The number of carboxylic acid groups (broad SMARTS) is 1. The molecular weight excluding hydrogens is 274 g/mol. The van der Waals surface area contributed by atoms with E-state index >= 15 is 0 Å². The number of rotatable bonds is 3. The van der Waals surface area contributed by atoms with Gasteiger partial charge in [0.2, 0.25) is 0 Å². The van der Waals surface area contributed by atoms with E-state index in [9.17, 15) is 4.79 Å². The molecule has 21 heavy (non-hydrogen) atoms. The lowest BCUT2D eigenvalue weighted by atomic mass is 9.91. The van der Waals surface area contributed by atoms with Crippen LogP contribution in [-0.4, -0.2) is 60.9 Å². The van der Waals surface area contributed by atoms with E-state index in [1.807, 2.05) is 0 Å². The summed E-state index contributed by atoms with van der Waals surface area (Å²) < 4.78 is 17.5. The van der Waals surface area contributed by atoms with E-state index in [0.29, 0.717) is 38.3 Å². The Morgan fingerprint density at radius 1 is 1.14 bits per heavy atom. The molecule has 1 amide bonds. The fourth-order valence-electron chi connectivity index (χ4n) is 3.55. The van der Waals surface area contributed by atoms with Gasteiger partial charge in [-0.15, -0.1) is 0 Å². The average Bonchev–Trinajstić information content (AvgIpc) is 2.95. The largest absolute Gasteiger partial charge is 0.465 e. The molecule has 0 aromatic carbocycles. The number of piperidine rings is 1. The summed E-state index contributed by atoms with van der Waals surface area (Å²) in [7, 11) is 0. The SMILES string of the molecule is O=C(O)N1CCC(COC2CCC3(CC2)OCCO3)CC1. The van der Waals surface area contributed by atoms with Crippen molar-refractivity contribution in [3.8, 4) is 0 Å². The van der Waals surface area contributed by atoms with Gasteiger partial charge in [-0.2, -0.15) is 0 Å². The van der Waals surface area contributed by atoms with Gasteiger partial charge in [0, 0.05) is 32.5 Å². The Morgan fingerprint density at radius 2 is 1.76 bits per heavy atom. The molecule has 0 bridgehead atoms. The van der Waals surface area contributed by atoms with Gasteiger partial charge in [-0.1, -0.05) is 0 Å². The summed E-state index contributed by atoms with van der Waals surface area (Å²) in [5, 5.41) is 8.93. The van der Waals surface area contributed by atoms with Crippen molar-refractivity contribution in [1.82, 2.24) is 4.90 Å². The molecule has 0 atom stereocenters. The number of hydrogen-bond donors (Lipinski definition) is 1. The van der Waals surface area contributed by atoms with Crippen LogP contribution in [0.3, 0.4) is 0 Å². The van der Waals surface area contributed by atoms with Crippen molar-refractivity contribution in [2.24, 2.45) is 5.92 Å². The number of likely N-dealkylation sites (tertiary alicyclic amines) is 1. The van der Waals surface area contributed by atoms with Crippen LogP contribution in [-0.2, 0) is 14.2 Å². The van der Waals surface area contributed by atoms with Gasteiger partial charge in [0.05, 0.1) is 19.3 Å². The Morgan fingerprint density at radius 3 is 2.33 bits per heavy atom. The van der Waals surface area contributed by atoms with Gasteiger partial charge in [-0.3, -0.25) is 0 Å². The molecule has 1 spiro atoms. The lowest BCUT2D eigenvalue weighted by Gasteiger charge is -2.36. The van der Waals surface area contributed by atoms with Crippen molar-refractivity contribution in [3.05, 3.63) is 0 Å². The fraction of sp³-hybridized carbons (Fsp3) is 0.933. The standard InChI is InChI=1S/C15H25NO5/c17-14(18)16-7-3-12(4-8-16)11-19-13-1-5-15(6-2-13)20-9-10-21-15/h12-13H,1-11H2,(H,17,18). The van der Waals surface area contributed by atoms with Gasteiger partial charge in [-0.25, -0.2) is 4.79 Å². The molecule has 1 aliphatic carbocycles. The van der Waals surface area contributed by atoms with E-state index in [1.54, 1.807) is 0 Å². The highest BCUT2D eigenvalue weighted by Crippen LogP contribution is 2.37. The van der Waals surface area contributed by atoms with E-state index in [1.165, 1.54) is 4.90 Å². The second-order valence-electron chi connectivity index (χ2n) is 6.35. The summed E-state index contributed by atoms with van der Waals surface area (Å²) in [5.41, 5.74) is 0. The van der Waals surface area contributed by atoms with Gasteiger partial charge >= 0.3 is 6.09 Å². The van der Waals surface area contributed by atoms with Gasteiger partial charge < -0.3 is 24.2 Å². The summed E-state index contributed by atoms with van der Waals surface area (Å²) in [4.78, 5) is 12.4. The Bertz CT molecular complexity index is 351. The molecule has 120 valence electrons. The zero-order chi connectivity index (χ0) is 14.7. The van der Waals surface area contributed by atoms with Crippen molar-refractivity contribution < 1.29 is 24.1 Å². The molecule has 3 fully saturated rings. The van der Waals surface area contributed by atoms with E-state index < -0.39 is 6.09 Å². The first kappa shape index (κ1) is 15.1. The van der Waals surface area contributed by atoms with E-state index in [0.717, 1.165) is 45.1 Å². The maximum atomic E-state index is 10.9. The summed E-state index contributed by atoms with van der Waals surface area (Å²) in [6, 6.07) is 0. The number of amides is 1. The maximum Gasteiger partial charge on any atom is 0.407 e. The normalized spacial score (nSPS) is 27.3.